The molecule has 0 saturated heterocycles. The Kier molecular flexibility index (Phi) is 4.99. The molecule has 6 nitrogen and oxygen atoms in total. The van der Waals surface area contributed by atoms with Crippen LogP contribution in [0, 0.1) is 6.92 Å². The van der Waals surface area contributed by atoms with Crippen LogP contribution in [0.15, 0.2) is 66.9 Å². The summed E-state index contributed by atoms with van der Waals surface area (Å²) < 4.78 is 2.09. The zero-order valence-corrected chi connectivity index (χ0v) is 16.8. The van der Waals surface area contributed by atoms with Crippen molar-refractivity contribution in [3.8, 4) is 5.69 Å². The third-order valence-electron chi connectivity index (χ3n) is 4.82. The zero-order chi connectivity index (χ0) is 20.4. The second-order valence-electron chi connectivity index (χ2n) is 7.14. The fourth-order valence-electron chi connectivity index (χ4n) is 3.32. The molecule has 29 heavy (non-hydrogen) atoms. The summed E-state index contributed by atoms with van der Waals surface area (Å²) >= 11 is 0. The maximum absolute atomic E-state index is 12.6. The molecule has 0 fully saturated rings. The van der Waals surface area contributed by atoms with E-state index >= 15 is 0 Å². The predicted molar refractivity (Wildman–Crippen MR) is 116 cm³/mol. The quantitative estimate of drug-likeness (QED) is 0.569. The molecule has 0 radical (unpaired) electrons. The summed E-state index contributed by atoms with van der Waals surface area (Å²) in [5, 5.41) is 2.95. The number of benzene rings is 2. The van der Waals surface area contributed by atoms with Crippen LogP contribution in [0.5, 0.6) is 0 Å². The van der Waals surface area contributed by atoms with E-state index in [4.69, 9.17) is 0 Å². The highest BCUT2D eigenvalue weighted by Crippen LogP contribution is 2.22. The van der Waals surface area contributed by atoms with Crippen LogP contribution >= 0.6 is 0 Å². The minimum Gasteiger partial charge on any atom is -0.363 e. The molecule has 1 amide bonds. The smallest absolute Gasteiger partial charge is 0.251 e. The third-order valence-corrected chi connectivity index (χ3v) is 4.82. The van der Waals surface area contributed by atoms with Crippen molar-refractivity contribution in [2.75, 3.05) is 19.0 Å². The number of hydrogen-bond acceptors (Lipinski definition) is 4. The summed E-state index contributed by atoms with van der Waals surface area (Å²) in [4.78, 5) is 23.6. The summed E-state index contributed by atoms with van der Waals surface area (Å²) in [6, 6.07) is 19.6. The summed E-state index contributed by atoms with van der Waals surface area (Å²) in [5.74, 6) is 1.64. The van der Waals surface area contributed by atoms with E-state index in [1.165, 1.54) is 0 Å². The lowest BCUT2D eigenvalue weighted by molar-refractivity contribution is 0.0951. The van der Waals surface area contributed by atoms with Crippen molar-refractivity contribution < 1.29 is 4.79 Å². The molecule has 2 heterocycles. The lowest BCUT2D eigenvalue weighted by atomic mass is 10.1. The second kappa shape index (κ2) is 7.75. The molecule has 4 aromatic rings. The van der Waals surface area contributed by atoms with Gasteiger partial charge in [-0.1, -0.05) is 24.3 Å². The molecule has 146 valence electrons. The average molecular weight is 385 g/mol. The van der Waals surface area contributed by atoms with Crippen LogP contribution in [-0.4, -0.2) is 34.5 Å². The molecule has 6 heteroatoms. The topological polar surface area (TPSA) is 63.1 Å². The molecule has 0 atom stereocenters. The molecule has 0 aliphatic rings. The number of fused-ring (bicyclic) bond motifs is 1. The van der Waals surface area contributed by atoms with Crippen LogP contribution < -0.4 is 10.2 Å². The lowest BCUT2D eigenvalue weighted by Crippen LogP contribution is -2.23. The van der Waals surface area contributed by atoms with Crippen molar-refractivity contribution in [3.05, 3.63) is 83.8 Å². The van der Waals surface area contributed by atoms with Gasteiger partial charge in [0.2, 0.25) is 0 Å². The van der Waals surface area contributed by atoms with E-state index < -0.39 is 0 Å². The summed E-state index contributed by atoms with van der Waals surface area (Å²) in [7, 11) is 3.89. The number of pyridine rings is 1. The largest absolute Gasteiger partial charge is 0.363 e. The molecule has 0 spiro atoms. The number of amides is 1. The van der Waals surface area contributed by atoms with Gasteiger partial charge in [0, 0.05) is 38.1 Å². The monoisotopic (exact) mass is 385 g/mol. The minimum atomic E-state index is -0.129. The van der Waals surface area contributed by atoms with Gasteiger partial charge in [-0.05, 0) is 48.9 Å². The fourth-order valence-corrected chi connectivity index (χ4v) is 3.32. The van der Waals surface area contributed by atoms with E-state index in [1.54, 1.807) is 6.20 Å². The number of aromatic nitrogens is 3. The Morgan fingerprint density at radius 2 is 1.86 bits per heavy atom. The number of para-hydroxylation sites is 1. The van der Waals surface area contributed by atoms with E-state index in [0.717, 1.165) is 33.9 Å². The van der Waals surface area contributed by atoms with Gasteiger partial charge in [0.15, 0.2) is 0 Å². The van der Waals surface area contributed by atoms with Crippen molar-refractivity contribution in [3.63, 3.8) is 0 Å². The SMILES string of the molecule is Cc1nc2cc(C(=O)NCc3ccc(N(C)C)nc3)ccc2n1-c1ccccc1. The van der Waals surface area contributed by atoms with Crippen LogP contribution in [0.3, 0.4) is 0 Å². The van der Waals surface area contributed by atoms with Gasteiger partial charge in [0.05, 0.1) is 11.0 Å². The number of hydrogen-bond donors (Lipinski definition) is 1. The van der Waals surface area contributed by atoms with Gasteiger partial charge >= 0.3 is 0 Å². The summed E-state index contributed by atoms with van der Waals surface area (Å²) in [5.41, 5.74) is 4.38. The molecule has 1 N–H and O–H groups in total. The van der Waals surface area contributed by atoms with Gasteiger partial charge in [-0.15, -0.1) is 0 Å². The van der Waals surface area contributed by atoms with Crippen molar-refractivity contribution >= 4 is 22.8 Å². The molecule has 0 saturated carbocycles. The van der Waals surface area contributed by atoms with Crippen molar-refractivity contribution in [2.45, 2.75) is 13.5 Å². The lowest BCUT2D eigenvalue weighted by Gasteiger charge is -2.11. The van der Waals surface area contributed by atoms with E-state index in [9.17, 15) is 4.79 Å². The van der Waals surface area contributed by atoms with Crippen molar-refractivity contribution in [1.29, 1.82) is 0 Å². The zero-order valence-electron chi connectivity index (χ0n) is 16.8. The van der Waals surface area contributed by atoms with Crippen LogP contribution in [-0.2, 0) is 6.54 Å². The first-order chi connectivity index (χ1) is 14.0. The van der Waals surface area contributed by atoms with Crippen molar-refractivity contribution in [1.82, 2.24) is 19.9 Å². The Balaban J connectivity index is 1.53. The molecule has 0 aliphatic heterocycles. The first kappa shape index (κ1) is 18.7. The van der Waals surface area contributed by atoms with Crippen molar-refractivity contribution in [2.24, 2.45) is 0 Å². The number of imidazole rings is 1. The number of nitrogens with zero attached hydrogens (tertiary/aromatic N) is 4. The highest BCUT2D eigenvalue weighted by molar-refractivity contribution is 5.97. The number of carbonyl (C=O) groups is 1. The van der Waals surface area contributed by atoms with Gasteiger partial charge < -0.3 is 10.2 Å². The second-order valence-corrected chi connectivity index (χ2v) is 7.14. The molecular formula is C23H23N5O. The van der Waals surface area contributed by atoms with Gasteiger partial charge in [0.1, 0.15) is 11.6 Å². The van der Waals surface area contributed by atoms with E-state index in [2.05, 4.69) is 19.9 Å². The third kappa shape index (κ3) is 3.82. The Bertz CT molecular complexity index is 1150. The van der Waals surface area contributed by atoms with Crippen LogP contribution in [0.4, 0.5) is 5.82 Å². The molecule has 0 bridgehead atoms. The Labute approximate surface area is 169 Å². The number of nitrogens with one attached hydrogen (secondary N) is 1. The van der Waals surface area contributed by atoms with Crippen LogP contribution in [0.1, 0.15) is 21.7 Å². The van der Waals surface area contributed by atoms with Gasteiger partial charge in [-0.2, -0.15) is 0 Å². The molecule has 0 unspecified atom stereocenters. The normalized spacial score (nSPS) is 10.9. The summed E-state index contributed by atoms with van der Waals surface area (Å²) in [6.45, 7) is 2.40. The fraction of sp³-hybridized carbons (Fsp3) is 0.174. The molecular weight excluding hydrogens is 362 g/mol. The number of rotatable bonds is 5. The summed E-state index contributed by atoms with van der Waals surface area (Å²) in [6.07, 6.45) is 1.78. The Morgan fingerprint density at radius 3 is 2.55 bits per heavy atom. The average Bonchev–Trinajstić information content (AvgIpc) is 3.07. The number of aryl methyl sites for hydroxylation is 1. The Hall–Kier alpha value is -3.67. The Morgan fingerprint density at radius 1 is 1.07 bits per heavy atom. The minimum absolute atomic E-state index is 0.129. The molecule has 4 rings (SSSR count). The highest BCUT2D eigenvalue weighted by atomic mass is 16.1. The van der Waals surface area contributed by atoms with Crippen LogP contribution in [0.25, 0.3) is 16.7 Å². The highest BCUT2D eigenvalue weighted by Gasteiger charge is 2.12. The maximum atomic E-state index is 12.6. The maximum Gasteiger partial charge on any atom is 0.251 e. The molecule has 0 aliphatic carbocycles. The standard InChI is InChI=1S/C23H23N5O/c1-16-26-20-13-18(10-11-21(20)28(16)19-7-5-4-6-8-19)23(29)25-15-17-9-12-22(24-14-17)27(2)3/h4-14H,15H2,1-3H3,(H,25,29). The van der Waals surface area contributed by atoms with Crippen LogP contribution in [0.2, 0.25) is 0 Å². The van der Waals surface area contributed by atoms with E-state index in [-0.39, 0.29) is 5.91 Å². The predicted octanol–water partition coefficient (Wildman–Crippen LogP) is 3.72. The molecule has 2 aromatic carbocycles. The number of anilines is 1. The van der Waals surface area contributed by atoms with E-state index in [1.807, 2.05) is 86.6 Å². The first-order valence-electron chi connectivity index (χ1n) is 9.48. The van der Waals surface area contributed by atoms with E-state index in [0.29, 0.717) is 12.1 Å². The first-order valence-corrected chi connectivity index (χ1v) is 9.48. The molecule has 2 aromatic heterocycles. The number of carbonyl (C=O) groups excluding carboxylic acids is 1. The van der Waals surface area contributed by atoms with Gasteiger partial charge in [-0.3, -0.25) is 9.36 Å². The van der Waals surface area contributed by atoms with Gasteiger partial charge in [-0.25, -0.2) is 9.97 Å². The van der Waals surface area contributed by atoms with Gasteiger partial charge in [0.25, 0.3) is 5.91 Å².